The number of hydrogen-bond acceptors (Lipinski definition) is 3. The average molecular weight is 336 g/mol. The molecule has 0 amide bonds. The Balaban J connectivity index is 2.12. The monoisotopic (exact) mass is 335 g/mol. The third-order valence-corrected chi connectivity index (χ3v) is 3.88. The fourth-order valence-corrected chi connectivity index (χ4v) is 2.55. The van der Waals surface area contributed by atoms with E-state index in [-0.39, 0.29) is 12.6 Å². The number of ether oxygens (including phenoxy) is 1. The van der Waals surface area contributed by atoms with Gasteiger partial charge in [-0.2, -0.15) is 0 Å². The van der Waals surface area contributed by atoms with Crippen molar-refractivity contribution in [2.75, 3.05) is 13.7 Å². The molecule has 1 atom stereocenters. The summed E-state index contributed by atoms with van der Waals surface area (Å²) in [4.78, 5) is 0. The molecule has 0 fully saturated rings. The second-order valence-corrected chi connectivity index (χ2v) is 5.34. The van der Waals surface area contributed by atoms with E-state index in [0.717, 1.165) is 15.8 Å². The molecule has 1 unspecified atom stereocenters. The molecule has 2 rings (SSSR count). The summed E-state index contributed by atoms with van der Waals surface area (Å²) in [6.45, 7) is 0.730. The molecule has 106 valence electrons. The first-order valence-corrected chi connectivity index (χ1v) is 7.25. The lowest BCUT2D eigenvalue weighted by Gasteiger charge is -2.19. The topological polar surface area (TPSA) is 41.5 Å². The van der Waals surface area contributed by atoms with Gasteiger partial charge in [0.15, 0.2) is 0 Å². The Bertz CT molecular complexity index is 545. The smallest absolute Gasteiger partial charge is 0.119 e. The minimum atomic E-state index is -0.139. The zero-order valence-corrected chi connectivity index (χ0v) is 12.9. The summed E-state index contributed by atoms with van der Waals surface area (Å²) in [6, 6.07) is 15.7. The minimum Gasteiger partial charge on any atom is -0.497 e. The predicted molar refractivity (Wildman–Crippen MR) is 83.8 cm³/mol. The second kappa shape index (κ2) is 7.43. The maximum Gasteiger partial charge on any atom is 0.119 e. The van der Waals surface area contributed by atoms with Gasteiger partial charge in [-0.3, -0.25) is 0 Å². The van der Waals surface area contributed by atoms with Crippen molar-refractivity contribution in [3.05, 3.63) is 64.1 Å². The maximum absolute atomic E-state index is 9.62. The van der Waals surface area contributed by atoms with Gasteiger partial charge in [-0.05, 0) is 29.3 Å². The van der Waals surface area contributed by atoms with E-state index >= 15 is 0 Å². The Kier molecular flexibility index (Phi) is 5.59. The van der Waals surface area contributed by atoms with Crippen LogP contribution >= 0.6 is 15.9 Å². The van der Waals surface area contributed by atoms with Gasteiger partial charge in [0.05, 0.1) is 19.8 Å². The Morgan fingerprint density at radius 2 is 1.95 bits per heavy atom. The largest absolute Gasteiger partial charge is 0.497 e. The molecule has 2 aromatic carbocycles. The molecular weight excluding hydrogens is 318 g/mol. The lowest BCUT2D eigenvalue weighted by atomic mass is 10.1. The lowest BCUT2D eigenvalue weighted by Crippen LogP contribution is -2.24. The van der Waals surface area contributed by atoms with Gasteiger partial charge in [0.25, 0.3) is 0 Å². The summed E-state index contributed by atoms with van der Waals surface area (Å²) in [5, 5.41) is 13.0. The third-order valence-electron chi connectivity index (χ3n) is 3.16. The van der Waals surface area contributed by atoms with E-state index in [1.165, 1.54) is 5.56 Å². The van der Waals surface area contributed by atoms with E-state index < -0.39 is 0 Å². The normalized spacial score (nSPS) is 12.2. The quantitative estimate of drug-likeness (QED) is 0.851. The molecule has 0 bridgehead atoms. The van der Waals surface area contributed by atoms with Gasteiger partial charge in [-0.15, -0.1) is 0 Å². The van der Waals surface area contributed by atoms with Crippen molar-refractivity contribution in [1.29, 1.82) is 0 Å². The summed E-state index contributed by atoms with van der Waals surface area (Å²) in [7, 11) is 1.64. The Morgan fingerprint density at radius 3 is 2.60 bits per heavy atom. The van der Waals surface area contributed by atoms with E-state index in [1.54, 1.807) is 7.11 Å². The Hall–Kier alpha value is -1.36. The fourth-order valence-electron chi connectivity index (χ4n) is 2.03. The highest BCUT2D eigenvalue weighted by atomic mass is 79.9. The van der Waals surface area contributed by atoms with E-state index in [1.807, 2.05) is 36.4 Å². The van der Waals surface area contributed by atoms with Crippen LogP contribution in [0.5, 0.6) is 5.75 Å². The lowest BCUT2D eigenvalue weighted by molar-refractivity contribution is 0.243. The maximum atomic E-state index is 9.62. The Morgan fingerprint density at radius 1 is 1.20 bits per heavy atom. The molecule has 0 saturated carbocycles. The van der Waals surface area contributed by atoms with Crippen LogP contribution in [0.4, 0.5) is 0 Å². The predicted octanol–water partition coefficient (Wildman–Crippen LogP) is 3.28. The van der Waals surface area contributed by atoms with Crippen LogP contribution in [0.1, 0.15) is 17.2 Å². The van der Waals surface area contributed by atoms with Crippen LogP contribution in [0.2, 0.25) is 0 Å². The highest BCUT2D eigenvalue weighted by Crippen LogP contribution is 2.27. The van der Waals surface area contributed by atoms with Crippen molar-refractivity contribution in [2.24, 2.45) is 0 Å². The van der Waals surface area contributed by atoms with Gasteiger partial charge in [0, 0.05) is 11.0 Å². The molecule has 4 heteroatoms. The van der Waals surface area contributed by atoms with Gasteiger partial charge < -0.3 is 15.2 Å². The van der Waals surface area contributed by atoms with Crippen molar-refractivity contribution in [2.45, 2.75) is 12.6 Å². The second-order valence-electron chi connectivity index (χ2n) is 4.49. The molecule has 0 aromatic heterocycles. The fraction of sp³-hybridized carbons (Fsp3) is 0.250. The van der Waals surface area contributed by atoms with Crippen LogP contribution < -0.4 is 10.1 Å². The molecule has 0 radical (unpaired) electrons. The molecule has 0 heterocycles. The first kappa shape index (κ1) is 15.0. The van der Waals surface area contributed by atoms with E-state index in [4.69, 9.17) is 4.74 Å². The molecule has 0 saturated heterocycles. The molecule has 0 aliphatic carbocycles. The summed E-state index contributed by atoms with van der Waals surface area (Å²) in [5.74, 6) is 0.781. The van der Waals surface area contributed by atoms with Crippen LogP contribution in [-0.2, 0) is 6.54 Å². The van der Waals surface area contributed by atoms with Crippen LogP contribution in [-0.4, -0.2) is 18.8 Å². The molecule has 2 aromatic rings. The zero-order valence-electron chi connectivity index (χ0n) is 11.3. The van der Waals surface area contributed by atoms with Crippen molar-refractivity contribution in [1.82, 2.24) is 5.32 Å². The number of halogens is 1. The third kappa shape index (κ3) is 3.82. The highest BCUT2D eigenvalue weighted by molar-refractivity contribution is 9.10. The standard InChI is InChI=1S/C16H18BrNO2/c1-20-13-7-8-15(17)14(9-13)16(11-19)18-10-12-5-3-2-4-6-12/h2-9,16,18-19H,10-11H2,1H3. The SMILES string of the molecule is COc1ccc(Br)c(C(CO)NCc2ccccc2)c1. The molecule has 0 aliphatic rings. The minimum absolute atomic E-state index is 0.0264. The van der Waals surface area contributed by atoms with Crippen molar-refractivity contribution >= 4 is 15.9 Å². The molecule has 0 aliphatic heterocycles. The molecule has 20 heavy (non-hydrogen) atoms. The first-order chi connectivity index (χ1) is 9.74. The summed E-state index contributed by atoms with van der Waals surface area (Å²) >= 11 is 3.52. The van der Waals surface area contributed by atoms with E-state index in [9.17, 15) is 5.11 Å². The number of aliphatic hydroxyl groups excluding tert-OH is 1. The molecule has 2 N–H and O–H groups in total. The number of rotatable bonds is 6. The van der Waals surface area contributed by atoms with Gasteiger partial charge in [0.1, 0.15) is 5.75 Å². The van der Waals surface area contributed by atoms with Crippen molar-refractivity contribution < 1.29 is 9.84 Å². The van der Waals surface area contributed by atoms with Crippen molar-refractivity contribution in [3.63, 3.8) is 0 Å². The first-order valence-electron chi connectivity index (χ1n) is 6.46. The zero-order chi connectivity index (χ0) is 14.4. The summed E-state index contributed by atoms with van der Waals surface area (Å²) in [6.07, 6.45) is 0. The number of hydrogen-bond donors (Lipinski definition) is 2. The molecule has 0 spiro atoms. The van der Waals surface area contributed by atoms with Crippen LogP contribution in [0.3, 0.4) is 0 Å². The summed E-state index contributed by atoms with van der Waals surface area (Å²) < 4.78 is 6.19. The van der Waals surface area contributed by atoms with Crippen LogP contribution in [0.25, 0.3) is 0 Å². The Labute approximate surface area is 127 Å². The van der Waals surface area contributed by atoms with Crippen LogP contribution in [0, 0.1) is 0 Å². The van der Waals surface area contributed by atoms with Gasteiger partial charge in [-0.1, -0.05) is 46.3 Å². The van der Waals surface area contributed by atoms with Gasteiger partial charge >= 0.3 is 0 Å². The number of benzene rings is 2. The van der Waals surface area contributed by atoms with E-state index in [2.05, 4.69) is 33.4 Å². The summed E-state index contributed by atoms with van der Waals surface area (Å²) in [5.41, 5.74) is 2.17. The van der Waals surface area contributed by atoms with Crippen LogP contribution in [0.15, 0.2) is 53.0 Å². The number of aliphatic hydroxyl groups is 1. The number of methoxy groups -OCH3 is 1. The van der Waals surface area contributed by atoms with Gasteiger partial charge in [0.2, 0.25) is 0 Å². The van der Waals surface area contributed by atoms with E-state index in [0.29, 0.717) is 6.54 Å². The molecule has 3 nitrogen and oxygen atoms in total. The van der Waals surface area contributed by atoms with Crippen molar-refractivity contribution in [3.8, 4) is 5.75 Å². The van der Waals surface area contributed by atoms with Gasteiger partial charge in [-0.25, -0.2) is 0 Å². The molecular formula is C16H18BrNO2. The number of nitrogens with one attached hydrogen (secondary N) is 1. The average Bonchev–Trinajstić information content (AvgIpc) is 2.50. The highest BCUT2D eigenvalue weighted by Gasteiger charge is 2.14.